The number of benzene rings is 2. The summed E-state index contributed by atoms with van der Waals surface area (Å²) in [5.41, 5.74) is 3.15. The summed E-state index contributed by atoms with van der Waals surface area (Å²) in [5, 5.41) is 0. The highest BCUT2D eigenvalue weighted by atomic mass is 32.1. The molecule has 0 radical (unpaired) electrons. The van der Waals surface area contributed by atoms with Gasteiger partial charge < -0.3 is 9.30 Å². The molecule has 0 aliphatic rings. The van der Waals surface area contributed by atoms with Crippen molar-refractivity contribution >= 4 is 27.5 Å². The van der Waals surface area contributed by atoms with E-state index in [2.05, 4.69) is 4.99 Å². The lowest BCUT2D eigenvalue weighted by Crippen LogP contribution is -2.20. The smallest absolute Gasteiger partial charge is 0.279 e. The van der Waals surface area contributed by atoms with E-state index in [-0.39, 0.29) is 11.7 Å². The van der Waals surface area contributed by atoms with Crippen LogP contribution in [0.1, 0.15) is 28.4 Å². The number of amides is 1. The van der Waals surface area contributed by atoms with Crippen molar-refractivity contribution in [2.45, 2.75) is 27.3 Å². The molecule has 0 atom stereocenters. The number of fused-ring (bicyclic) bond motifs is 1. The second-order valence-corrected chi connectivity index (χ2v) is 7.04. The fourth-order valence-corrected chi connectivity index (χ4v) is 3.77. The standard InChI is InChI=1S/C20H21FN2O2S/c1-4-25-11-10-23-18-16(21)6-5-7-17(18)26-20(23)22-19(24)15-9-8-13(2)14(3)12-15/h5-9,12H,4,10-11H2,1-3H3. The molecule has 1 amide bonds. The molecule has 2 aromatic carbocycles. The Bertz CT molecular complexity index is 1020. The van der Waals surface area contributed by atoms with E-state index in [1.165, 1.54) is 17.4 Å². The van der Waals surface area contributed by atoms with E-state index >= 15 is 0 Å². The third-order valence-electron chi connectivity index (χ3n) is 4.27. The minimum atomic E-state index is -0.328. The lowest BCUT2D eigenvalue weighted by Gasteiger charge is -2.06. The molecule has 136 valence electrons. The number of nitrogens with zero attached hydrogens (tertiary/aromatic N) is 2. The number of para-hydroxylation sites is 1. The van der Waals surface area contributed by atoms with Crippen molar-refractivity contribution in [3.8, 4) is 0 Å². The van der Waals surface area contributed by atoms with Crippen LogP contribution in [0.2, 0.25) is 0 Å². The Morgan fingerprint density at radius 2 is 2.04 bits per heavy atom. The number of ether oxygens (including phenoxy) is 1. The van der Waals surface area contributed by atoms with Crippen LogP contribution in [0.4, 0.5) is 4.39 Å². The molecule has 26 heavy (non-hydrogen) atoms. The maximum Gasteiger partial charge on any atom is 0.279 e. The molecule has 0 saturated heterocycles. The zero-order valence-corrected chi connectivity index (χ0v) is 15.9. The van der Waals surface area contributed by atoms with E-state index in [9.17, 15) is 9.18 Å². The Labute approximate surface area is 155 Å². The van der Waals surface area contributed by atoms with Crippen molar-refractivity contribution in [3.05, 3.63) is 63.7 Å². The van der Waals surface area contributed by atoms with Crippen molar-refractivity contribution < 1.29 is 13.9 Å². The number of carbonyl (C=O) groups excluding carboxylic acids is 1. The number of aromatic nitrogens is 1. The molecule has 0 saturated carbocycles. The number of hydrogen-bond donors (Lipinski definition) is 0. The average molecular weight is 372 g/mol. The predicted octanol–water partition coefficient (Wildman–Crippen LogP) is 4.24. The van der Waals surface area contributed by atoms with Gasteiger partial charge in [-0.2, -0.15) is 4.99 Å². The Morgan fingerprint density at radius 3 is 2.77 bits per heavy atom. The highest BCUT2D eigenvalue weighted by Crippen LogP contribution is 2.20. The second kappa shape index (κ2) is 7.93. The van der Waals surface area contributed by atoms with Crippen LogP contribution in [0.25, 0.3) is 10.2 Å². The summed E-state index contributed by atoms with van der Waals surface area (Å²) in [6, 6.07) is 10.4. The Morgan fingerprint density at radius 1 is 1.23 bits per heavy atom. The summed E-state index contributed by atoms with van der Waals surface area (Å²) in [7, 11) is 0. The lowest BCUT2D eigenvalue weighted by molar-refractivity contribution is 0.0996. The molecule has 0 unspecified atom stereocenters. The van der Waals surface area contributed by atoms with Crippen LogP contribution < -0.4 is 4.80 Å². The minimum absolute atomic E-state index is 0.324. The van der Waals surface area contributed by atoms with Crippen LogP contribution in [0, 0.1) is 19.7 Å². The van der Waals surface area contributed by atoms with E-state index in [1.807, 2.05) is 39.0 Å². The first kappa shape index (κ1) is 18.5. The number of carbonyl (C=O) groups is 1. The SMILES string of the molecule is CCOCCn1c(=NC(=O)c2ccc(C)c(C)c2)sc2cccc(F)c21. The molecule has 1 heterocycles. The highest BCUT2D eigenvalue weighted by molar-refractivity contribution is 7.16. The quantitative estimate of drug-likeness (QED) is 0.629. The van der Waals surface area contributed by atoms with E-state index in [4.69, 9.17) is 4.74 Å². The van der Waals surface area contributed by atoms with Gasteiger partial charge in [0.05, 0.1) is 16.8 Å². The van der Waals surface area contributed by atoms with Crippen molar-refractivity contribution in [1.82, 2.24) is 4.57 Å². The number of rotatable bonds is 5. The Kier molecular flexibility index (Phi) is 5.64. The molecule has 3 rings (SSSR count). The van der Waals surface area contributed by atoms with Gasteiger partial charge >= 0.3 is 0 Å². The molecule has 1 aromatic heterocycles. The van der Waals surface area contributed by atoms with Gasteiger partial charge in [0.15, 0.2) is 4.80 Å². The van der Waals surface area contributed by atoms with Crippen LogP contribution >= 0.6 is 11.3 Å². The average Bonchev–Trinajstić information content (AvgIpc) is 2.96. The van der Waals surface area contributed by atoms with E-state index in [0.29, 0.717) is 35.6 Å². The topological polar surface area (TPSA) is 43.6 Å². The van der Waals surface area contributed by atoms with E-state index in [0.717, 1.165) is 15.8 Å². The fourth-order valence-electron chi connectivity index (χ4n) is 2.71. The fraction of sp³-hybridized carbons (Fsp3) is 0.300. The Balaban J connectivity index is 2.08. The molecule has 0 aliphatic carbocycles. The molecule has 6 heteroatoms. The largest absolute Gasteiger partial charge is 0.380 e. The van der Waals surface area contributed by atoms with Gasteiger partial charge in [-0.3, -0.25) is 4.79 Å². The van der Waals surface area contributed by atoms with Gasteiger partial charge in [-0.05, 0) is 56.2 Å². The lowest BCUT2D eigenvalue weighted by atomic mass is 10.1. The van der Waals surface area contributed by atoms with Crippen LogP contribution in [0.3, 0.4) is 0 Å². The molecule has 0 aliphatic heterocycles. The van der Waals surface area contributed by atoms with E-state index in [1.54, 1.807) is 16.7 Å². The number of aryl methyl sites for hydroxylation is 2. The summed E-state index contributed by atoms with van der Waals surface area (Å²) >= 11 is 1.31. The molecule has 0 N–H and O–H groups in total. The minimum Gasteiger partial charge on any atom is -0.380 e. The predicted molar refractivity (Wildman–Crippen MR) is 102 cm³/mol. The third-order valence-corrected chi connectivity index (χ3v) is 5.31. The molecule has 4 nitrogen and oxygen atoms in total. The summed E-state index contributed by atoms with van der Waals surface area (Å²) < 4.78 is 22.2. The molecule has 0 bridgehead atoms. The van der Waals surface area contributed by atoms with Gasteiger partial charge in [-0.15, -0.1) is 0 Å². The summed E-state index contributed by atoms with van der Waals surface area (Å²) in [5.74, 6) is -0.652. The third kappa shape index (κ3) is 3.76. The van der Waals surface area contributed by atoms with Gasteiger partial charge in [0.25, 0.3) is 5.91 Å². The van der Waals surface area contributed by atoms with Crippen LogP contribution in [0.5, 0.6) is 0 Å². The first-order chi connectivity index (χ1) is 12.5. The van der Waals surface area contributed by atoms with E-state index < -0.39 is 0 Å². The van der Waals surface area contributed by atoms with Gasteiger partial charge in [-0.1, -0.05) is 23.5 Å². The van der Waals surface area contributed by atoms with Crippen molar-refractivity contribution in [2.75, 3.05) is 13.2 Å². The molecular weight excluding hydrogens is 351 g/mol. The molecule has 0 fully saturated rings. The first-order valence-electron chi connectivity index (χ1n) is 8.53. The summed E-state index contributed by atoms with van der Waals surface area (Å²) in [4.78, 5) is 17.4. The number of thiazole rings is 1. The molecule has 3 aromatic rings. The van der Waals surface area contributed by atoms with Crippen LogP contribution in [-0.4, -0.2) is 23.7 Å². The Hall–Kier alpha value is -2.31. The zero-order chi connectivity index (χ0) is 18.7. The van der Waals surface area contributed by atoms with Gasteiger partial charge in [0.2, 0.25) is 0 Å². The van der Waals surface area contributed by atoms with Crippen molar-refractivity contribution in [1.29, 1.82) is 0 Å². The van der Waals surface area contributed by atoms with Gasteiger partial charge in [0.1, 0.15) is 5.82 Å². The summed E-state index contributed by atoms with van der Waals surface area (Å²) in [6.07, 6.45) is 0. The maximum atomic E-state index is 14.3. The van der Waals surface area contributed by atoms with Crippen LogP contribution in [-0.2, 0) is 11.3 Å². The number of hydrogen-bond acceptors (Lipinski definition) is 3. The van der Waals surface area contributed by atoms with Gasteiger partial charge in [-0.25, -0.2) is 4.39 Å². The monoisotopic (exact) mass is 372 g/mol. The summed E-state index contributed by atoms with van der Waals surface area (Å²) in [6.45, 7) is 7.32. The van der Waals surface area contributed by atoms with Crippen molar-refractivity contribution in [3.63, 3.8) is 0 Å². The van der Waals surface area contributed by atoms with Crippen molar-refractivity contribution in [2.24, 2.45) is 4.99 Å². The van der Waals surface area contributed by atoms with Gasteiger partial charge in [0, 0.05) is 18.7 Å². The maximum absolute atomic E-state index is 14.3. The first-order valence-corrected chi connectivity index (χ1v) is 9.35. The second-order valence-electron chi connectivity index (χ2n) is 6.04. The zero-order valence-electron chi connectivity index (χ0n) is 15.1. The highest BCUT2D eigenvalue weighted by Gasteiger charge is 2.13. The molecular formula is C20H21FN2O2S. The van der Waals surface area contributed by atoms with Crippen LogP contribution in [0.15, 0.2) is 41.4 Å². The molecule has 0 spiro atoms. The normalized spacial score (nSPS) is 12.1. The number of halogens is 1.